The first-order valence-corrected chi connectivity index (χ1v) is 7.31. The van der Waals surface area contributed by atoms with Crippen molar-refractivity contribution in [2.75, 3.05) is 26.1 Å². The summed E-state index contributed by atoms with van der Waals surface area (Å²) in [6, 6.07) is 10.8. The Balaban J connectivity index is 1.93. The summed E-state index contributed by atoms with van der Waals surface area (Å²) in [6.45, 7) is -0.455. The Morgan fingerprint density at radius 1 is 1.04 bits per heavy atom. The van der Waals surface area contributed by atoms with Crippen LogP contribution in [-0.2, 0) is 9.53 Å². The predicted octanol–water partition coefficient (Wildman–Crippen LogP) is 2.31. The Morgan fingerprint density at radius 3 is 2.36 bits per heavy atom. The zero-order valence-corrected chi connectivity index (χ0v) is 13.8. The maximum Gasteiger partial charge on any atom is 0.338 e. The van der Waals surface area contributed by atoms with E-state index < -0.39 is 18.5 Å². The summed E-state index contributed by atoms with van der Waals surface area (Å²) in [7, 11) is 2.99. The molecule has 0 atom stereocenters. The molecule has 0 aromatic heterocycles. The van der Waals surface area contributed by atoms with E-state index in [0.717, 1.165) is 0 Å². The third-order valence-corrected chi connectivity index (χ3v) is 3.30. The van der Waals surface area contributed by atoms with Crippen molar-refractivity contribution < 1.29 is 28.6 Å². The molecular formula is C18H17NO6. The molecule has 7 heteroatoms. The second-order valence-corrected chi connectivity index (χ2v) is 4.93. The smallest absolute Gasteiger partial charge is 0.338 e. The van der Waals surface area contributed by atoms with Crippen molar-refractivity contribution in [1.82, 2.24) is 0 Å². The molecule has 0 unspecified atom stereocenters. The topological polar surface area (TPSA) is 90.9 Å². The van der Waals surface area contributed by atoms with Crippen LogP contribution < -0.4 is 14.8 Å². The van der Waals surface area contributed by atoms with Crippen molar-refractivity contribution in [2.45, 2.75) is 0 Å². The molecule has 2 aromatic rings. The summed E-state index contributed by atoms with van der Waals surface area (Å²) in [5, 5.41) is 2.59. The van der Waals surface area contributed by atoms with Crippen molar-refractivity contribution >= 4 is 23.9 Å². The molecule has 0 aliphatic heterocycles. The molecule has 0 radical (unpaired) electrons. The number of nitrogens with one attached hydrogen (secondary N) is 1. The van der Waals surface area contributed by atoms with Gasteiger partial charge in [0.25, 0.3) is 5.91 Å². The highest BCUT2D eigenvalue weighted by Crippen LogP contribution is 2.28. The van der Waals surface area contributed by atoms with Crippen LogP contribution >= 0.6 is 0 Å². The lowest BCUT2D eigenvalue weighted by Crippen LogP contribution is -2.21. The summed E-state index contributed by atoms with van der Waals surface area (Å²) < 4.78 is 15.2. The van der Waals surface area contributed by atoms with Crippen LogP contribution in [0.2, 0.25) is 0 Å². The van der Waals surface area contributed by atoms with Gasteiger partial charge in [-0.1, -0.05) is 12.1 Å². The molecule has 7 nitrogen and oxygen atoms in total. The van der Waals surface area contributed by atoms with Gasteiger partial charge in [0.2, 0.25) is 0 Å². The van der Waals surface area contributed by atoms with E-state index in [2.05, 4.69) is 5.32 Å². The molecule has 0 aliphatic carbocycles. The first-order valence-electron chi connectivity index (χ1n) is 7.31. The van der Waals surface area contributed by atoms with Gasteiger partial charge in [-0.15, -0.1) is 0 Å². The molecule has 0 fully saturated rings. The predicted molar refractivity (Wildman–Crippen MR) is 90.3 cm³/mol. The molecule has 130 valence electrons. The minimum Gasteiger partial charge on any atom is -0.497 e. The second-order valence-electron chi connectivity index (χ2n) is 4.93. The van der Waals surface area contributed by atoms with E-state index >= 15 is 0 Å². The van der Waals surface area contributed by atoms with Gasteiger partial charge in [-0.05, 0) is 24.3 Å². The number of anilines is 1. The van der Waals surface area contributed by atoms with Crippen LogP contribution in [0.5, 0.6) is 11.5 Å². The highest BCUT2D eigenvalue weighted by Gasteiger charge is 2.12. The average Bonchev–Trinajstić information content (AvgIpc) is 2.66. The number of carbonyl (C=O) groups is 3. The van der Waals surface area contributed by atoms with Crippen LogP contribution in [0, 0.1) is 0 Å². The van der Waals surface area contributed by atoms with Crippen molar-refractivity contribution in [2.24, 2.45) is 0 Å². The molecule has 0 saturated carbocycles. The zero-order valence-electron chi connectivity index (χ0n) is 13.8. The van der Waals surface area contributed by atoms with Gasteiger partial charge in [0.05, 0.1) is 25.5 Å². The Bertz CT molecular complexity index is 770. The molecule has 2 aromatic carbocycles. The number of ether oxygens (including phenoxy) is 3. The number of amides is 1. The first kappa shape index (κ1) is 18.0. The van der Waals surface area contributed by atoms with Gasteiger partial charge in [0.15, 0.2) is 6.61 Å². The van der Waals surface area contributed by atoms with Crippen molar-refractivity contribution in [1.29, 1.82) is 0 Å². The van der Waals surface area contributed by atoms with Crippen LogP contribution in [-0.4, -0.2) is 39.0 Å². The summed E-state index contributed by atoms with van der Waals surface area (Å²) >= 11 is 0. The molecule has 0 heterocycles. The van der Waals surface area contributed by atoms with Gasteiger partial charge in [-0.3, -0.25) is 9.59 Å². The van der Waals surface area contributed by atoms with E-state index in [4.69, 9.17) is 14.2 Å². The van der Waals surface area contributed by atoms with E-state index in [1.807, 2.05) is 0 Å². The fourth-order valence-electron chi connectivity index (χ4n) is 2.00. The summed E-state index contributed by atoms with van der Waals surface area (Å²) in [4.78, 5) is 34.4. The number of rotatable bonds is 7. The highest BCUT2D eigenvalue weighted by atomic mass is 16.5. The second kappa shape index (κ2) is 8.49. The molecular weight excluding hydrogens is 326 g/mol. The molecule has 0 spiro atoms. The van der Waals surface area contributed by atoms with E-state index in [1.165, 1.54) is 38.5 Å². The number of hydrogen-bond donors (Lipinski definition) is 1. The van der Waals surface area contributed by atoms with Crippen LogP contribution in [0.4, 0.5) is 5.69 Å². The lowest BCUT2D eigenvalue weighted by Gasteiger charge is -2.11. The molecule has 2 rings (SSSR count). The normalized spacial score (nSPS) is 9.84. The SMILES string of the molecule is COc1ccc(NC(=O)COC(=O)c2ccc(C=O)cc2)c(OC)c1. The Hall–Kier alpha value is -3.35. The molecule has 0 bridgehead atoms. The van der Waals surface area contributed by atoms with Gasteiger partial charge in [0.1, 0.15) is 17.8 Å². The fourth-order valence-corrected chi connectivity index (χ4v) is 2.00. The van der Waals surface area contributed by atoms with Crippen LogP contribution in [0.1, 0.15) is 20.7 Å². The summed E-state index contributed by atoms with van der Waals surface area (Å²) in [6.07, 6.45) is 0.671. The van der Waals surface area contributed by atoms with Gasteiger partial charge in [-0.25, -0.2) is 4.79 Å². The standard InChI is InChI=1S/C18H17NO6/c1-23-14-7-8-15(16(9-14)24-2)19-17(21)11-25-18(22)13-5-3-12(10-20)4-6-13/h3-10H,11H2,1-2H3,(H,19,21). The Labute approximate surface area is 144 Å². The van der Waals surface area contributed by atoms with E-state index in [-0.39, 0.29) is 5.56 Å². The lowest BCUT2D eigenvalue weighted by molar-refractivity contribution is -0.119. The van der Waals surface area contributed by atoms with Gasteiger partial charge in [0, 0.05) is 11.6 Å². The molecule has 25 heavy (non-hydrogen) atoms. The van der Waals surface area contributed by atoms with Crippen LogP contribution in [0.15, 0.2) is 42.5 Å². The lowest BCUT2D eigenvalue weighted by atomic mass is 10.1. The van der Waals surface area contributed by atoms with Crippen molar-refractivity contribution in [3.63, 3.8) is 0 Å². The minimum atomic E-state index is -0.658. The molecule has 0 saturated heterocycles. The zero-order chi connectivity index (χ0) is 18.2. The van der Waals surface area contributed by atoms with Gasteiger partial charge in [-0.2, -0.15) is 0 Å². The summed E-state index contributed by atoms with van der Waals surface area (Å²) in [5.41, 5.74) is 1.13. The monoisotopic (exact) mass is 343 g/mol. The number of aldehydes is 1. The largest absolute Gasteiger partial charge is 0.497 e. The third-order valence-electron chi connectivity index (χ3n) is 3.30. The number of methoxy groups -OCH3 is 2. The number of carbonyl (C=O) groups excluding carboxylic acids is 3. The number of esters is 1. The van der Waals surface area contributed by atoms with Crippen molar-refractivity contribution in [3.05, 3.63) is 53.6 Å². The molecule has 1 N–H and O–H groups in total. The summed E-state index contributed by atoms with van der Waals surface area (Å²) in [5.74, 6) is -0.167. The van der Waals surface area contributed by atoms with Crippen molar-refractivity contribution in [3.8, 4) is 11.5 Å². The molecule has 0 aliphatic rings. The van der Waals surface area contributed by atoms with Crippen LogP contribution in [0.3, 0.4) is 0 Å². The first-order chi connectivity index (χ1) is 12.1. The Morgan fingerprint density at radius 2 is 1.76 bits per heavy atom. The third kappa shape index (κ3) is 4.81. The minimum absolute atomic E-state index is 0.250. The van der Waals surface area contributed by atoms with E-state index in [1.54, 1.807) is 18.2 Å². The number of hydrogen-bond acceptors (Lipinski definition) is 6. The van der Waals surface area contributed by atoms with Gasteiger partial charge >= 0.3 is 5.97 Å². The number of benzene rings is 2. The molecule has 1 amide bonds. The quantitative estimate of drug-likeness (QED) is 0.613. The van der Waals surface area contributed by atoms with Crippen LogP contribution in [0.25, 0.3) is 0 Å². The van der Waals surface area contributed by atoms with E-state index in [0.29, 0.717) is 29.0 Å². The fraction of sp³-hybridized carbons (Fsp3) is 0.167. The average molecular weight is 343 g/mol. The highest BCUT2D eigenvalue weighted by molar-refractivity contribution is 5.96. The van der Waals surface area contributed by atoms with E-state index in [9.17, 15) is 14.4 Å². The maximum absolute atomic E-state index is 11.9. The maximum atomic E-state index is 11.9. The Kier molecular flexibility index (Phi) is 6.11. The van der Waals surface area contributed by atoms with Gasteiger partial charge < -0.3 is 19.5 Å².